The Morgan fingerprint density at radius 2 is 1.84 bits per heavy atom. The number of hydrogen-bond acceptors (Lipinski definition) is 2. The second-order valence-electron chi connectivity index (χ2n) is 4.24. The van der Waals surface area contributed by atoms with E-state index in [0.717, 1.165) is 16.6 Å². The molecule has 0 atom stereocenters. The highest BCUT2D eigenvalue weighted by Crippen LogP contribution is 2.25. The molecular weight excluding hydrogens is 241 g/mol. The molecule has 3 heteroatoms. The Labute approximate surface area is 110 Å². The molecule has 0 saturated heterocycles. The Kier molecular flexibility index (Phi) is 2.88. The van der Waals surface area contributed by atoms with Crippen molar-refractivity contribution in [2.24, 2.45) is 0 Å². The van der Waals surface area contributed by atoms with Crippen LogP contribution >= 0.6 is 0 Å². The predicted octanol–water partition coefficient (Wildman–Crippen LogP) is 4.05. The number of benzene rings is 2. The van der Waals surface area contributed by atoms with Gasteiger partial charge in [-0.05, 0) is 23.6 Å². The van der Waals surface area contributed by atoms with Crippen molar-refractivity contribution >= 4 is 10.8 Å². The van der Waals surface area contributed by atoms with Gasteiger partial charge in [-0.1, -0.05) is 30.3 Å². The van der Waals surface area contributed by atoms with Crippen LogP contribution in [-0.2, 0) is 0 Å². The molecule has 3 rings (SSSR count). The zero-order valence-electron chi connectivity index (χ0n) is 10.4. The lowest BCUT2D eigenvalue weighted by Gasteiger charge is -2.06. The Morgan fingerprint density at radius 3 is 2.68 bits per heavy atom. The molecular formula is C16H12FNO. The van der Waals surface area contributed by atoms with Gasteiger partial charge in [0.05, 0.1) is 12.8 Å². The summed E-state index contributed by atoms with van der Waals surface area (Å²) in [5, 5.41) is 1.48. The maximum absolute atomic E-state index is 13.8. The van der Waals surface area contributed by atoms with Gasteiger partial charge in [-0.2, -0.15) is 0 Å². The van der Waals surface area contributed by atoms with Gasteiger partial charge in [0.25, 0.3) is 0 Å². The number of fused-ring (bicyclic) bond motifs is 1. The summed E-state index contributed by atoms with van der Waals surface area (Å²) in [4.78, 5) is 4.35. The van der Waals surface area contributed by atoms with E-state index in [9.17, 15) is 4.39 Å². The Balaban J connectivity index is 2.17. The molecule has 2 aromatic carbocycles. The summed E-state index contributed by atoms with van der Waals surface area (Å²) in [7, 11) is 1.58. The van der Waals surface area contributed by atoms with Crippen LogP contribution in [0.25, 0.3) is 22.0 Å². The fourth-order valence-corrected chi connectivity index (χ4v) is 2.08. The van der Waals surface area contributed by atoms with E-state index in [1.54, 1.807) is 19.2 Å². The number of ether oxygens (including phenoxy) is 1. The molecule has 19 heavy (non-hydrogen) atoms. The second kappa shape index (κ2) is 4.69. The first-order valence-corrected chi connectivity index (χ1v) is 5.97. The minimum absolute atomic E-state index is 0.220. The van der Waals surface area contributed by atoms with Crippen LogP contribution in [0.5, 0.6) is 5.88 Å². The minimum Gasteiger partial charge on any atom is -0.481 e. The average molecular weight is 253 g/mol. The highest BCUT2D eigenvalue weighted by Gasteiger charge is 2.05. The highest BCUT2D eigenvalue weighted by atomic mass is 19.1. The van der Waals surface area contributed by atoms with Crippen LogP contribution in [0.2, 0.25) is 0 Å². The van der Waals surface area contributed by atoms with Crippen molar-refractivity contribution < 1.29 is 9.13 Å². The van der Waals surface area contributed by atoms with Gasteiger partial charge in [-0.15, -0.1) is 0 Å². The van der Waals surface area contributed by atoms with E-state index in [0.29, 0.717) is 11.3 Å². The fraction of sp³-hybridized carbons (Fsp3) is 0.0625. The molecule has 0 aliphatic heterocycles. The molecule has 0 unspecified atom stereocenters. The number of pyridine rings is 1. The Bertz CT molecular complexity index is 740. The number of rotatable bonds is 2. The first-order chi connectivity index (χ1) is 9.28. The zero-order chi connectivity index (χ0) is 13.2. The molecule has 0 spiro atoms. The fourth-order valence-electron chi connectivity index (χ4n) is 2.08. The van der Waals surface area contributed by atoms with Crippen molar-refractivity contribution in [3.63, 3.8) is 0 Å². The van der Waals surface area contributed by atoms with Gasteiger partial charge in [0.2, 0.25) is 5.88 Å². The third kappa shape index (κ3) is 2.15. The largest absolute Gasteiger partial charge is 0.481 e. The van der Waals surface area contributed by atoms with Gasteiger partial charge in [0.15, 0.2) is 0 Å². The Morgan fingerprint density at radius 1 is 1.00 bits per heavy atom. The molecule has 1 aromatic heterocycles. The van der Waals surface area contributed by atoms with Gasteiger partial charge in [-0.25, -0.2) is 9.37 Å². The van der Waals surface area contributed by atoms with Crippen LogP contribution in [0.3, 0.4) is 0 Å². The van der Waals surface area contributed by atoms with E-state index < -0.39 is 0 Å². The summed E-state index contributed by atoms with van der Waals surface area (Å²) in [6.45, 7) is 0. The van der Waals surface area contributed by atoms with Gasteiger partial charge in [-0.3, -0.25) is 0 Å². The van der Waals surface area contributed by atoms with Crippen LogP contribution in [-0.4, -0.2) is 12.1 Å². The van der Waals surface area contributed by atoms with Crippen molar-refractivity contribution in [1.82, 2.24) is 4.98 Å². The molecule has 2 nitrogen and oxygen atoms in total. The van der Waals surface area contributed by atoms with Crippen molar-refractivity contribution in [3.8, 4) is 17.1 Å². The van der Waals surface area contributed by atoms with Crippen LogP contribution < -0.4 is 4.74 Å². The maximum Gasteiger partial charge on any atom is 0.213 e. The summed E-state index contributed by atoms with van der Waals surface area (Å²) in [6.07, 6.45) is 0. The standard InChI is InChI=1S/C16H12FNO/c1-19-16-7-3-6-15(18-16)12-9-8-11-4-2-5-14(17)13(11)10-12/h2-10H,1H3. The van der Waals surface area contributed by atoms with E-state index in [-0.39, 0.29) is 5.82 Å². The normalized spacial score (nSPS) is 10.6. The molecule has 0 fully saturated rings. The molecule has 0 bridgehead atoms. The molecule has 94 valence electrons. The predicted molar refractivity (Wildman–Crippen MR) is 73.7 cm³/mol. The number of halogens is 1. The molecule has 0 N–H and O–H groups in total. The van der Waals surface area contributed by atoms with Crippen LogP contribution in [0, 0.1) is 5.82 Å². The van der Waals surface area contributed by atoms with E-state index in [1.165, 1.54) is 6.07 Å². The van der Waals surface area contributed by atoms with Crippen molar-refractivity contribution in [1.29, 1.82) is 0 Å². The van der Waals surface area contributed by atoms with Crippen LogP contribution in [0.4, 0.5) is 4.39 Å². The van der Waals surface area contributed by atoms with Crippen molar-refractivity contribution in [2.45, 2.75) is 0 Å². The quantitative estimate of drug-likeness (QED) is 0.687. The highest BCUT2D eigenvalue weighted by molar-refractivity contribution is 5.87. The van der Waals surface area contributed by atoms with Crippen LogP contribution in [0.1, 0.15) is 0 Å². The molecule has 0 amide bonds. The first-order valence-electron chi connectivity index (χ1n) is 5.97. The monoisotopic (exact) mass is 253 g/mol. The van der Waals surface area contributed by atoms with Crippen molar-refractivity contribution in [3.05, 3.63) is 60.4 Å². The smallest absolute Gasteiger partial charge is 0.213 e. The Hall–Kier alpha value is -2.42. The molecule has 0 saturated carbocycles. The summed E-state index contributed by atoms with van der Waals surface area (Å²) >= 11 is 0. The van der Waals surface area contributed by atoms with Crippen LogP contribution in [0.15, 0.2) is 54.6 Å². The summed E-state index contributed by atoms with van der Waals surface area (Å²) in [5.41, 5.74) is 1.64. The minimum atomic E-state index is -0.220. The lowest BCUT2D eigenvalue weighted by Crippen LogP contribution is -1.90. The zero-order valence-corrected chi connectivity index (χ0v) is 10.4. The first kappa shape index (κ1) is 11.7. The van der Waals surface area contributed by atoms with Gasteiger partial charge < -0.3 is 4.74 Å². The SMILES string of the molecule is COc1cccc(-c2ccc3cccc(F)c3c2)n1. The molecule has 3 aromatic rings. The van der Waals surface area contributed by atoms with Gasteiger partial charge in [0.1, 0.15) is 5.82 Å². The molecule has 1 heterocycles. The van der Waals surface area contributed by atoms with Gasteiger partial charge in [0, 0.05) is 17.0 Å². The number of aromatic nitrogens is 1. The second-order valence-corrected chi connectivity index (χ2v) is 4.24. The number of methoxy groups -OCH3 is 1. The molecule has 0 aliphatic rings. The number of hydrogen-bond donors (Lipinski definition) is 0. The summed E-state index contributed by atoms with van der Waals surface area (Å²) in [5.74, 6) is 0.327. The molecule has 0 aliphatic carbocycles. The van der Waals surface area contributed by atoms with Crippen molar-refractivity contribution in [2.75, 3.05) is 7.11 Å². The van der Waals surface area contributed by atoms with E-state index in [1.807, 2.05) is 36.4 Å². The summed E-state index contributed by atoms with van der Waals surface area (Å²) < 4.78 is 18.9. The summed E-state index contributed by atoms with van der Waals surface area (Å²) in [6, 6.07) is 16.2. The third-order valence-electron chi connectivity index (χ3n) is 3.06. The average Bonchev–Trinajstić information content (AvgIpc) is 2.47. The topological polar surface area (TPSA) is 22.1 Å². The maximum atomic E-state index is 13.8. The van der Waals surface area contributed by atoms with Gasteiger partial charge >= 0.3 is 0 Å². The van der Waals surface area contributed by atoms with E-state index in [2.05, 4.69) is 4.98 Å². The lowest BCUT2D eigenvalue weighted by molar-refractivity contribution is 0.398. The number of nitrogens with zero attached hydrogens (tertiary/aromatic N) is 1. The van der Waals surface area contributed by atoms with E-state index in [4.69, 9.17) is 4.74 Å². The third-order valence-corrected chi connectivity index (χ3v) is 3.06. The lowest BCUT2D eigenvalue weighted by atomic mass is 10.0. The van der Waals surface area contributed by atoms with E-state index >= 15 is 0 Å². The molecule has 0 radical (unpaired) electrons.